The Hall–Kier alpha value is -1.85. The predicted molar refractivity (Wildman–Crippen MR) is 91.3 cm³/mol. The second kappa shape index (κ2) is 7.15. The van der Waals surface area contributed by atoms with E-state index in [2.05, 4.69) is 28.0 Å². The number of carbonyl (C=O) groups is 1. The second-order valence-corrected chi connectivity index (χ2v) is 6.63. The molecule has 23 heavy (non-hydrogen) atoms. The summed E-state index contributed by atoms with van der Waals surface area (Å²) in [5.74, 6) is 0.448. The number of esters is 1. The molecular formula is C18H21NO3S. The number of ether oxygens (including phenoxy) is 2. The normalized spacial score (nSPS) is 17.6. The number of thiophene rings is 1. The molecule has 1 aliphatic rings. The molecule has 1 atom stereocenters. The van der Waals surface area contributed by atoms with Crippen molar-refractivity contribution in [1.82, 2.24) is 4.90 Å². The maximum atomic E-state index is 11.4. The van der Waals surface area contributed by atoms with Crippen LogP contribution in [0.25, 0.3) is 0 Å². The Morgan fingerprint density at radius 1 is 1.30 bits per heavy atom. The van der Waals surface area contributed by atoms with E-state index < -0.39 is 0 Å². The van der Waals surface area contributed by atoms with E-state index in [0.29, 0.717) is 18.2 Å². The summed E-state index contributed by atoms with van der Waals surface area (Å²) in [4.78, 5) is 15.4. The number of fused-ring (bicyclic) bond motifs is 1. The van der Waals surface area contributed by atoms with E-state index in [1.807, 2.05) is 23.5 Å². The van der Waals surface area contributed by atoms with Crippen LogP contribution in [0.4, 0.5) is 0 Å². The van der Waals surface area contributed by atoms with Crippen LogP contribution in [0, 0.1) is 0 Å². The molecule has 1 aliphatic heterocycles. The van der Waals surface area contributed by atoms with E-state index in [4.69, 9.17) is 4.74 Å². The molecule has 4 nitrogen and oxygen atoms in total. The minimum absolute atomic E-state index is 0.328. The van der Waals surface area contributed by atoms with Crippen LogP contribution in [0.3, 0.4) is 0 Å². The molecule has 0 unspecified atom stereocenters. The molecular weight excluding hydrogens is 310 g/mol. The van der Waals surface area contributed by atoms with Crippen molar-refractivity contribution < 1.29 is 14.3 Å². The van der Waals surface area contributed by atoms with Crippen molar-refractivity contribution in [1.29, 1.82) is 0 Å². The van der Waals surface area contributed by atoms with Gasteiger partial charge in [-0.2, -0.15) is 0 Å². The smallest absolute Gasteiger partial charge is 0.337 e. The summed E-state index contributed by atoms with van der Waals surface area (Å²) >= 11 is 1.86. The molecule has 0 aliphatic carbocycles. The fraction of sp³-hybridized carbons (Fsp3) is 0.389. The lowest BCUT2D eigenvalue weighted by Crippen LogP contribution is -2.36. The second-order valence-electron chi connectivity index (χ2n) is 5.63. The van der Waals surface area contributed by atoms with E-state index in [9.17, 15) is 4.79 Å². The largest absolute Gasteiger partial charge is 0.492 e. The third kappa shape index (κ3) is 3.57. The van der Waals surface area contributed by atoms with Crippen molar-refractivity contribution in [3.8, 4) is 5.75 Å². The van der Waals surface area contributed by atoms with Gasteiger partial charge in [0.2, 0.25) is 0 Å². The van der Waals surface area contributed by atoms with Crippen LogP contribution < -0.4 is 4.74 Å². The number of carbonyl (C=O) groups excluding carboxylic acids is 1. The Morgan fingerprint density at radius 2 is 2.09 bits per heavy atom. The molecule has 0 amide bonds. The molecule has 0 saturated carbocycles. The fourth-order valence-corrected chi connectivity index (χ4v) is 3.92. The summed E-state index contributed by atoms with van der Waals surface area (Å²) in [7, 11) is 1.38. The van der Waals surface area contributed by atoms with Gasteiger partial charge in [-0.3, -0.25) is 4.90 Å². The van der Waals surface area contributed by atoms with Crippen molar-refractivity contribution in [3.63, 3.8) is 0 Å². The third-order valence-corrected chi connectivity index (χ3v) is 5.32. The van der Waals surface area contributed by atoms with Gasteiger partial charge in [-0.15, -0.1) is 11.3 Å². The van der Waals surface area contributed by atoms with Crippen molar-refractivity contribution >= 4 is 17.3 Å². The highest BCUT2D eigenvalue weighted by Crippen LogP contribution is 2.32. The first-order valence-electron chi connectivity index (χ1n) is 7.80. The maximum absolute atomic E-state index is 11.4. The molecule has 2 aromatic rings. The highest BCUT2D eigenvalue weighted by molar-refractivity contribution is 7.10. The molecule has 5 heteroatoms. The summed E-state index contributed by atoms with van der Waals surface area (Å²) in [6, 6.07) is 9.76. The van der Waals surface area contributed by atoms with Gasteiger partial charge in [0.1, 0.15) is 12.4 Å². The zero-order chi connectivity index (χ0) is 16.2. The van der Waals surface area contributed by atoms with Gasteiger partial charge in [-0.05, 0) is 54.6 Å². The first kappa shape index (κ1) is 16.0. The number of benzene rings is 1. The highest BCUT2D eigenvalue weighted by Gasteiger charge is 2.24. The van der Waals surface area contributed by atoms with Crippen LogP contribution in [0.2, 0.25) is 0 Å². The number of methoxy groups -OCH3 is 1. The number of rotatable bonds is 5. The van der Waals surface area contributed by atoms with E-state index in [-0.39, 0.29) is 5.97 Å². The van der Waals surface area contributed by atoms with E-state index in [0.717, 1.165) is 25.3 Å². The monoisotopic (exact) mass is 331 g/mol. The van der Waals surface area contributed by atoms with Crippen molar-refractivity contribution in [2.45, 2.75) is 19.4 Å². The van der Waals surface area contributed by atoms with Crippen LogP contribution in [-0.2, 0) is 11.2 Å². The lowest BCUT2D eigenvalue weighted by Gasteiger charge is -2.33. The average Bonchev–Trinajstić information content (AvgIpc) is 3.06. The van der Waals surface area contributed by atoms with E-state index in [1.165, 1.54) is 17.6 Å². The average molecular weight is 331 g/mol. The number of nitrogens with zero attached hydrogens (tertiary/aromatic N) is 1. The molecule has 0 bridgehead atoms. The molecule has 2 heterocycles. The minimum Gasteiger partial charge on any atom is -0.492 e. The van der Waals surface area contributed by atoms with Gasteiger partial charge in [0.15, 0.2) is 0 Å². The molecule has 1 aromatic carbocycles. The Balaban J connectivity index is 1.51. The lowest BCUT2D eigenvalue weighted by atomic mass is 10.0. The number of hydrogen-bond acceptors (Lipinski definition) is 5. The fourth-order valence-electron chi connectivity index (χ4n) is 2.95. The van der Waals surface area contributed by atoms with Crippen LogP contribution in [0.15, 0.2) is 35.7 Å². The lowest BCUT2D eigenvalue weighted by molar-refractivity contribution is 0.0600. The topological polar surface area (TPSA) is 38.8 Å². The first-order chi connectivity index (χ1) is 11.2. The molecule has 0 spiro atoms. The van der Waals surface area contributed by atoms with Gasteiger partial charge >= 0.3 is 5.97 Å². The summed E-state index contributed by atoms with van der Waals surface area (Å²) < 4.78 is 10.5. The predicted octanol–water partition coefficient (Wildman–Crippen LogP) is 3.53. The minimum atomic E-state index is -0.328. The quantitative estimate of drug-likeness (QED) is 0.786. The molecule has 122 valence electrons. The molecule has 0 N–H and O–H groups in total. The summed E-state index contributed by atoms with van der Waals surface area (Å²) in [6.45, 7) is 4.88. The Kier molecular flexibility index (Phi) is 4.98. The molecule has 3 rings (SSSR count). The van der Waals surface area contributed by atoms with Crippen LogP contribution in [0.1, 0.15) is 33.8 Å². The SMILES string of the molecule is COC(=O)c1ccc(OCCN2CCc3sccc3[C@H]2C)cc1. The van der Waals surface area contributed by atoms with Gasteiger partial charge in [-0.1, -0.05) is 0 Å². The van der Waals surface area contributed by atoms with Crippen LogP contribution in [0.5, 0.6) is 5.75 Å². The Morgan fingerprint density at radius 3 is 2.83 bits per heavy atom. The zero-order valence-electron chi connectivity index (χ0n) is 13.5. The highest BCUT2D eigenvalue weighted by atomic mass is 32.1. The molecule has 1 aromatic heterocycles. The number of hydrogen-bond donors (Lipinski definition) is 0. The summed E-state index contributed by atoms with van der Waals surface area (Å²) in [5.41, 5.74) is 2.00. The molecule has 0 fully saturated rings. The Bertz CT molecular complexity index is 665. The van der Waals surface area contributed by atoms with Crippen molar-refractivity contribution in [2.24, 2.45) is 0 Å². The van der Waals surface area contributed by atoms with Crippen LogP contribution >= 0.6 is 11.3 Å². The third-order valence-electron chi connectivity index (χ3n) is 4.33. The van der Waals surface area contributed by atoms with Gasteiger partial charge in [0.05, 0.1) is 12.7 Å². The van der Waals surface area contributed by atoms with Crippen molar-refractivity contribution in [2.75, 3.05) is 26.8 Å². The van der Waals surface area contributed by atoms with Gasteiger partial charge < -0.3 is 9.47 Å². The molecule has 0 saturated heterocycles. The van der Waals surface area contributed by atoms with Crippen molar-refractivity contribution in [3.05, 3.63) is 51.7 Å². The zero-order valence-corrected chi connectivity index (χ0v) is 14.3. The summed E-state index contributed by atoms with van der Waals surface area (Å²) in [6.07, 6.45) is 1.13. The first-order valence-corrected chi connectivity index (χ1v) is 8.68. The van der Waals surface area contributed by atoms with Crippen LogP contribution in [-0.4, -0.2) is 37.7 Å². The maximum Gasteiger partial charge on any atom is 0.337 e. The van der Waals surface area contributed by atoms with Gasteiger partial charge in [0.25, 0.3) is 0 Å². The van der Waals surface area contributed by atoms with E-state index >= 15 is 0 Å². The Labute approximate surface area is 140 Å². The van der Waals surface area contributed by atoms with Gasteiger partial charge in [0, 0.05) is 24.0 Å². The molecule has 0 radical (unpaired) electrons. The van der Waals surface area contributed by atoms with Gasteiger partial charge in [-0.25, -0.2) is 4.79 Å². The van der Waals surface area contributed by atoms with E-state index in [1.54, 1.807) is 12.1 Å². The standard InChI is InChI=1S/C18H21NO3S/c1-13-16-8-12-23-17(16)7-9-19(13)10-11-22-15-5-3-14(4-6-15)18(20)21-2/h3-6,8,12-13H,7,9-11H2,1-2H3/t13-/m1/s1. The summed E-state index contributed by atoms with van der Waals surface area (Å²) in [5, 5.41) is 2.18.